The molecule has 2 atom stereocenters. The first-order chi connectivity index (χ1) is 18.2. The maximum Gasteiger partial charge on any atom is 0.426 e. The lowest BCUT2D eigenvalue weighted by molar-refractivity contribution is -0.371. The first-order valence-electron chi connectivity index (χ1n) is 12.2. The van der Waals surface area contributed by atoms with Gasteiger partial charge in [-0.15, -0.1) is 0 Å². The fraction of sp³-hybridized carbons (Fsp3) is 0.667. The molecule has 1 aromatic carbocycles. The standard InChI is InChI=1S/C24H26F6O9S/c25-23(26,27)22(34,24(28,29)30)1-2-38-18(31)15-4-16(6-17(5-15)40(35,36)37)19(32)39-12-20-7-13-3-14(8-20)10-21(33,9-13)11-20/h4-6,13-14,33-34H,1-3,7-12H2,(H,35,36,37). The van der Waals surface area contributed by atoms with Gasteiger partial charge in [-0.1, -0.05) is 0 Å². The first-order valence-corrected chi connectivity index (χ1v) is 13.6. The van der Waals surface area contributed by atoms with Crippen molar-refractivity contribution in [2.24, 2.45) is 17.3 Å². The van der Waals surface area contributed by atoms with Crippen molar-refractivity contribution in [2.45, 2.75) is 73.4 Å². The van der Waals surface area contributed by atoms with Crippen molar-refractivity contribution < 1.29 is 68.6 Å². The van der Waals surface area contributed by atoms with E-state index in [1.165, 1.54) is 0 Å². The lowest BCUT2D eigenvalue weighted by atomic mass is 9.48. The van der Waals surface area contributed by atoms with Gasteiger partial charge in [0.2, 0.25) is 0 Å². The molecule has 0 saturated heterocycles. The van der Waals surface area contributed by atoms with Gasteiger partial charge >= 0.3 is 24.3 Å². The topological polar surface area (TPSA) is 147 Å². The largest absolute Gasteiger partial charge is 0.462 e. The molecule has 1 aromatic rings. The van der Waals surface area contributed by atoms with Gasteiger partial charge in [0, 0.05) is 11.8 Å². The minimum absolute atomic E-state index is 0.121. The summed E-state index contributed by atoms with van der Waals surface area (Å²) < 4.78 is 120. The summed E-state index contributed by atoms with van der Waals surface area (Å²) in [6.07, 6.45) is -10.3. The average molecular weight is 605 g/mol. The molecule has 4 aliphatic carbocycles. The number of carbonyl (C=O) groups is 2. The van der Waals surface area contributed by atoms with Crippen LogP contribution >= 0.6 is 0 Å². The molecule has 16 heteroatoms. The van der Waals surface area contributed by atoms with Crippen LogP contribution in [0.4, 0.5) is 26.3 Å². The molecule has 0 spiro atoms. The van der Waals surface area contributed by atoms with Crippen molar-refractivity contribution in [3.63, 3.8) is 0 Å². The Bertz CT molecular complexity index is 1260. The predicted octanol–water partition coefficient (Wildman–Crippen LogP) is 3.82. The molecule has 4 aliphatic rings. The molecule has 3 N–H and O–H groups in total. The molecule has 0 aliphatic heterocycles. The number of ether oxygens (including phenoxy) is 2. The molecule has 0 heterocycles. The molecule has 224 valence electrons. The Kier molecular flexibility index (Phi) is 7.51. The highest BCUT2D eigenvalue weighted by Crippen LogP contribution is 2.61. The minimum Gasteiger partial charge on any atom is -0.462 e. The van der Waals surface area contributed by atoms with Crippen LogP contribution in [0.25, 0.3) is 0 Å². The summed E-state index contributed by atoms with van der Waals surface area (Å²) in [5.41, 5.74) is -7.90. The van der Waals surface area contributed by atoms with Crippen LogP contribution in [-0.2, 0) is 19.6 Å². The van der Waals surface area contributed by atoms with E-state index in [1.54, 1.807) is 0 Å². The molecule has 4 bridgehead atoms. The number of rotatable bonds is 8. The predicted molar refractivity (Wildman–Crippen MR) is 121 cm³/mol. The number of hydrogen-bond donors (Lipinski definition) is 3. The van der Waals surface area contributed by atoms with E-state index in [4.69, 9.17) is 9.84 Å². The van der Waals surface area contributed by atoms with Gasteiger partial charge in [0.1, 0.15) is 0 Å². The molecule has 0 aromatic heterocycles. The molecule has 5 rings (SSSR count). The monoisotopic (exact) mass is 604 g/mol. The number of carbonyl (C=O) groups excluding carboxylic acids is 2. The maximum atomic E-state index is 12.8. The van der Waals surface area contributed by atoms with Crippen LogP contribution in [0, 0.1) is 17.3 Å². The van der Waals surface area contributed by atoms with Gasteiger partial charge in [0.25, 0.3) is 15.7 Å². The Balaban J connectivity index is 1.49. The Morgan fingerprint density at radius 2 is 1.40 bits per heavy atom. The normalized spacial score (nSPS) is 28.4. The van der Waals surface area contributed by atoms with Crippen LogP contribution in [0.1, 0.15) is 65.7 Å². The Morgan fingerprint density at radius 1 is 0.900 bits per heavy atom. The van der Waals surface area contributed by atoms with E-state index in [-0.39, 0.29) is 18.4 Å². The summed E-state index contributed by atoms with van der Waals surface area (Å²) >= 11 is 0. The van der Waals surface area contributed by atoms with Crippen molar-refractivity contribution in [3.8, 4) is 0 Å². The van der Waals surface area contributed by atoms with Gasteiger partial charge in [-0.25, -0.2) is 9.59 Å². The number of aliphatic hydroxyl groups is 2. The fourth-order valence-electron chi connectivity index (χ4n) is 6.68. The van der Waals surface area contributed by atoms with Gasteiger partial charge in [-0.3, -0.25) is 4.55 Å². The van der Waals surface area contributed by atoms with E-state index in [0.29, 0.717) is 44.2 Å². The second kappa shape index (κ2) is 9.84. The summed E-state index contributed by atoms with van der Waals surface area (Å²) in [5.74, 6) is -2.22. The second-order valence-electron chi connectivity index (χ2n) is 11.2. The molecule has 0 amide bonds. The van der Waals surface area contributed by atoms with Crippen LogP contribution in [0.2, 0.25) is 0 Å². The Morgan fingerprint density at radius 3 is 1.85 bits per heavy atom. The minimum atomic E-state index is -6.15. The molecule has 4 saturated carbocycles. The number of alkyl halides is 6. The molecular weight excluding hydrogens is 578 g/mol. The molecule has 9 nitrogen and oxygen atoms in total. The van der Waals surface area contributed by atoms with Crippen LogP contribution in [0.15, 0.2) is 23.1 Å². The summed E-state index contributed by atoms with van der Waals surface area (Å²) in [7, 11) is -5.04. The zero-order chi connectivity index (χ0) is 29.9. The van der Waals surface area contributed by atoms with Crippen LogP contribution < -0.4 is 0 Å². The van der Waals surface area contributed by atoms with Gasteiger partial charge in [-0.2, -0.15) is 34.8 Å². The van der Waals surface area contributed by atoms with E-state index < -0.39 is 80.1 Å². The summed E-state index contributed by atoms with van der Waals surface area (Å²) in [5, 5.41) is 20.0. The quantitative estimate of drug-likeness (QED) is 0.229. The highest BCUT2D eigenvalue weighted by Gasteiger charge is 2.70. The van der Waals surface area contributed by atoms with Gasteiger partial charge in [0.15, 0.2) is 0 Å². The third kappa shape index (κ3) is 5.94. The highest BCUT2D eigenvalue weighted by atomic mass is 32.2. The van der Waals surface area contributed by atoms with Crippen LogP contribution in [-0.4, -0.2) is 71.9 Å². The summed E-state index contributed by atoms with van der Waals surface area (Å²) in [6.45, 7) is -1.71. The average Bonchev–Trinajstić information content (AvgIpc) is 2.78. The van der Waals surface area contributed by atoms with Crippen LogP contribution in [0.3, 0.4) is 0 Å². The maximum absolute atomic E-state index is 12.8. The lowest BCUT2D eigenvalue weighted by Gasteiger charge is -2.59. The third-order valence-corrected chi connectivity index (χ3v) is 8.80. The SMILES string of the molecule is O=C(OCCC(O)(C(F)(F)F)C(F)(F)F)c1cc(C(=O)OCC23CC4CC(CC(O)(C4)C2)C3)cc(S(=O)(=O)O)c1. The second-order valence-corrected chi connectivity index (χ2v) is 12.6. The van der Waals surface area contributed by atoms with E-state index in [2.05, 4.69) is 4.74 Å². The highest BCUT2D eigenvalue weighted by molar-refractivity contribution is 7.85. The van der Waals surface area contributed by atoms with Gasteiger partial charge < -0.3 is 19.7 Å². The lowest BCUT2D eigenvalue weighted by Crippen LogP contribution is -2.57. The third-order valence-electron chi connectivity index (χ3n) is 7.97. The van der Waals surface area contributed by atoms with Gasteiger partial charge in [-0.05, 0) is 68.6 Å². The van der Waals surface area contributed by atoms with Crippen molar-refractivity contribution in [1.82, 2.24) is 0 Å². The van der Waals surface area contributed by atoms with E-state index in [9.17, 15) is 54.0 Å². The first kappa shape index (κ1) is 30.5. The van der Waals surface area contributed by atoms with E-state index in [1.807, 2.05) is 0 Å². The van der Waals surface area contributed by atoms with E-state index >= 15 is 0 Å². The fourth-order valence-corrected chi connectivity index (χ4v) is 7.23. The smallest absolute Gasteiger partial charge is 0.426 e. The summed E-state index contributed by atoms with van der Waals surface area (Å²) in [4.78, 5) is 24.2. The molecule has 4 fully saturated rings. The number of esters is 2. The van der Waals surface area contributed by atoms with Gasteiger partial charge in [0.05, 0.1) is 34.8 Å². The Labute approximate surface area is 224 Å². The van der Waals surface area contributed by atoms with Crippen molar-refractivity contribution >= 4 is 22.1 Å². The molecular formula is C24H26F6O9S. The molecule has 0 radical (unpaired) electrons. The summed E-state index contributed by atoms with van der Waals surface area (Å²) in [6, 6.07) is 1.92. The number of benzene rings is 1. The number of halogens is 6. The van der Waals surface area contributed by atoms with Crippen molar-refractivity contribution in [3.05, 3.63) is 29.3 Å². The zero-order valence-corrected chi connectivity index (χ0v) is 21.5. The molecule has 2 unspecified atom stereocenters. The van der Waals surface area contributed by atoms with E-state index in [0.717, 1.165) is 12.5 Å². The Hall–Kier alpha value is -2.43. The van der Waals surface area contributed by atoms with Crippen molar-refractivity contribution in [1.29, 1.82) is 0 Å². The number of hydrogen-bond acceptors (Lipinski definition) is 8. The van der Waals surface area contributed by atoms with Crippen LogP contribution in [0.5, 0.6) is 0 Å². The zero-order valence-electron chi connectivity index (χ0n) is 20.7. The van der Waals surface area contributed by atoms with Crippen molar-refractivity contribution in [2.75, 3.05) is 13.2 Å². The molecule has 40 heavy (non-hydrogen) atoms.